The third-order valence-electron chi connectivity index (χ3n) is 3.31. The van der Waals surface area contributed by atoms with E-state index in [1.807, 2.05) is 24.3 Å². The second-order valence-electron chi connectivity index (χ2n) is 4.48. The van der Waals surface area contributed by atoms with Gasteiger partial charge in [-0.25, -0.2) is 0 Å². The summed E-state index contributed by atoms with van der Waals surface area (Å²) in [4.78, 5) is 10.6. The van der Waals surface area contributed by atoms with Crippen LogP contribution in [0.15, 0.2) is 48.7 Å². The summed E-state index contributed by atoms with van der Waals surface area (Å²) in [5.74, 6) is 0. The molecule has 2 nitrogen and oxygen atoms in total. The van der Waals surface area contributed by atoms with Gasteiger partial charge in [0.1, 0.15) is 6.29 Å². The van der Waals surface area contributed by atoms with Gasteiger partial charge >= 0.3 is 0 Å². The molecule has 18 heavy (non-hydrogen) atoms. The number of carbonyl (C=O) groups excluding carboxylic acids is 1. The van der Waals surface area contributed by atoms with Crippen LogP contribution in [0.5, 0.6) is 0 Å². The third-order valence-corrected chi connectivity index (χ3v) is 3.31. The number of hydrogen-bond donors (Lipinski definition) is 0. The van der Waals surface area contributed by atoms with Crippen molar-refractivity contribution in [2.45, 2.75) is 13.0 Å². The van der Waals surface area contributed by atoms with Crippen molar-refractivity contribution >= 4 is 17.9 Å². The van der Waals surface area contributed by atoms with Crippen LogP contribution in [0, 0.1) is 0 Å². The highest BCUT2D eigenvalue weighted by atomic mass is 16.1. The van der Waals surface area contributed by atoms with Gasteiger partial charge in [0.2, 0.25) is 5.69 Å². The first kappa shape index (κ1) is 10.9. The van der Waals surface area contributed by atoms with E-state index in [9.17, 15) is 4.79 Å². The highest BCUT2D eigenvalue weighted by Crippen LogP contribution is 2.23. The van der Waals surface area contributed by atoms with Gasteiger partial charge < -0.3 is 0 Å². The van der Waals surface area contributed by atoms with Crippen LogP contribution < -0.4 is 4.57 Å². The highest BCUT2D eigenvalue weighted by Gasteiger charge is 2.22. The number of rotatable bonds is 2. The molecule has 0 fully saturated rings. The first-order valence-corrected chi connectivity index (χ1v) is 6.11. The molecule has 1 aliphatic heterocycles. The van der Waals surface area contributed by atoms with E-state index in [1.54, 1.807) is 0 Å². The van der Waals surface area contributed by atoms with Crippen LogP contribution in [0.4, 0.5) is 0 Å². The van der Waals surface area contributed by atoms with Gasteiger partial charge in [-0.2, -0.15) is 4.57 Å². The Labute approximate surface area is 106 Å². The van der Waals surface area contributed by atoms with Crippen molar-refractivity contribution in [1.82, 2.24) is 0 Å². The normalized spacial score (nSPS) is 15.7. The zero-order valence-electron chi connectivity index (χ0n) is 10.0. The van der Waals surface area contributed by atoms with Crippen LogP contribution >= 0.6 is 0 Å². The van der Waals surface area contributed by atoms with Crippen LogP contribution in [-0.2, 0) is 6.54 Å². The highest BCUT2D eigenvalue weighted by molar-refractivity contribution is 5.81. The summed E-state index contributed by atoms with van der Waals surface area (Å²) < 4.78 is 2.27. The van der Waals surface area contributed by atoms with E-state index in [4.69, 9.17) is 0 Å². The molecular formula is C16H14NO+. The maximum Gasteiger partial charge on any atom is 0.208 e. The van der Waals surface area contributed by atoms with Gasteiger partial charge in [0.25, 0.3) is 0 Å². The third kappa shape index (κ3) is 1.97. The standard InChI is InChI=1S/C16H14NO/c18-12-14-6-4-13(5-7-14)11-15-8-10-17-9-2-1-3-16(15)17/h1-7,9,11-12H,8,10H2/q+1/b15-11+. The molecule has 88 valence electrons. The number of benzene rings is 1. The SMILES string of the molecule is O=Cc1ccc(/C=C2\CC[n+]3ccccc32)cc1. The minimum absolute atomic E-state index is 0.721. The van der Waals surface area contributed by atoms with Crippen molar-refractivity contribution in [1.29, 1.82) is 0 Å². The van der Waals surface area contributed by atoms with Crippen LogP contribution in [0.25, 0.3) is 11.6 Å². The Bertz CT molecular complexity index is 611. The Morgan fingerprint density at radius 2 is 1.78 bits per heavy atom. The van der Waals surface area contributed by atoms with Gasteiger partial charge in [0, 0.05) is 29.7 Å². The average Bonchev–Trinajstić information content (AvgIpc) is 2.83. The number of aldehydes is 1. The molecule has 0 saturated carbocycles. The summed E-state index contributed by atoms with van der Waals surface area (Å²) in [5.41, 5.74) is 4.51. The fraction of sp³-hybridized carbons (Fsp3) is 0.125. The number of carbonyl (C=O) groups is 1. The topological polar surface area (TPSA) is 20.9 Å². The molecule has 0 amide bonds. The average molecular weight is 236 g/mol. The predicted molar refractivity (Wildman–Crippen MR) is 71.0 cm³/mol. The number of hydrogen-bond acceptors (Lipinski definition) is 1. The minimum atomic E-state index is 0.721. The summed E-state index contributed by atoms with van der Waals surface area (Å²) in [7, 11) is 0. The number of nitrogens with zero attached hydrogens (tertiary/aromatic N) is 1. The molecule has 0 unspecified atom stereocenters. The van der Waals surface area contributed by atoms with E-state index in [1.165, 1.54) is 11.3 Å². The smallest absolute Gasteiger partial charge is 0.208 e. The van der Waals surface area contributed by atoms with Crippen LogP contribution in [-0.4, -0.2) is 6.29 Å². The summed E-state index contributed by atoms with van der Waals surface area (Å²) in [5, 5.41) is 0. The monoisotopic (exact) mass is 236 g/mol. The van der Waals surface area contributed by atoms with Gasteiger partial charge in [0.15, 0.2) is 12.7 Å². The fourth-order valence-electron chi connectivity index (χ4n) is 2.35. The van der Waals surface area contributed by atoms with E-state index in [0.29, 0.717) is 0 Å². The maximum atomic E-state index is 10.6. The Kier molecular flexibility index (Phi) is 2.77. The molecule has 0 saturated heterocycles. The fourth-order valence-corrected chi connectivity index (χ4v) is 2.35. The van der Waals surface area contributed by atoms with Gasteiger partial charge in [-0.15, -0.1) is 0 Å². The second-order valence-corrected chi connectivity index (χ2v) is 4.48. The number of pyridine rings is 1. The molecule has 2 aromatic rings. The van der Waals surface area contributed by atoms with Gasteiger partial charge in [-0.05, 0) is 17.7 Å². The zero-order valence-corrected chi connectivity index (χ0v) is 10.0. The summed E-state index contributed by atoms with van der Waals surface area (Å²) in [6.45, 7) is 1.05. The molecule has 1 aliphatic rings. The number of fused-ring (bicyclic) bond motifs is 1. The molecule has 0 N–H and O–H groups in total. The lowest BCUT2D eigenvalue weighted by Gasteiger charge is -1.96. The first-order valence-electron chi connectivity index (χ1n) is 6.11. The molecule has 0 bridgehead atoms. The largest absolute Gasteiger partial charge is 0.298 e. The van der Waals surface area contributed by atoms with E-state index < -0.39 is 0 Å². The molecule has 1 aromatic carbocycles. The summed E-state index contributed by atoms with van der Waals surface area (Å²) in [6.07, 6.45) is 6.26. The lowest BCUT2D eigenvalue weighted by atomic mass is 10.1. The minimum Gasteiger partial charge on any atom is -0.298 e. The Hall–Kier alpha value is -2.22. The van der Waals surface area contributed by atoms with Crippen LogP contribution in [0.3, 0.4) is 0 Å². The number of aromatic nitrogens is 1. The van der Waals surface area contributed by atoms with Crippen molar-refractivity contribution in [2.75, 3.05) is 0 Å². The van der Waals surface area contributed by atoms with Crippen LogP contribution in [0.1, 0.15) is 28.0 Å². The van der Waals surface area contributed by atoms with E-state index in [-0.39, 0.29) is 0 Å². The zero-order chi connectivity index (χ0) is 12.4. The number of allylic oxidation sites excluding steroid dienone is 1. The van der Waals surface area contributed by atoms with E-state index in [0.717, 1.165) is 30.4 Å². The molecule has 0 radical (unpaired) electrons. The van der Waals surface area contributed by atoms with Crippen molar-refractivity contribution in [3.05, 3.63) is 65.5 Å². The quantitative estimate of drug-likeness (QED) is 0.580. The summed E-state index contributed by atoms with van der Waals surface area (Å²) in [6, 6.07) is 14.0. The molecule has 0 atom stereocenters. The molecular weight excluding hydrogens is 222 g/mol. The molecule has 1 aromatic heterocycles. The van der Waals surface area contributed by atoms with Gasteiger partial charge in [0.05, 0.1) is 0 Å². The molecule has 2 heteroatoms. The number of aryl methyl sites for hydroxylation is 1. The second kappa shape index (κ2) is 4.57. The molecule has 0 aliphatic carbocycles. The summed E-state index contributed by atoms with van der Waals surface area (Å²) >= 11 is 0. The molecule has 0 spiro atoms. The first-order chi connectivity index (χ1) is 8.86. The van der Waals surface area contributed by atoms with E-state index >= 15 is 0 Å². The van der Waals surface area contributed by atoms with Crippen LogP contribution in [0.2, 0.25) is 0 Å². The van der Waals surface area contributed by atoms with Crippen molar-refractivity contribution < 1.29 is 9.36 Å². The van der Waals surface area contributed by atoms with Gasteiger partial charge in [-0.1, -0.05) is 24.3 Å². The van der Waals surface area contributed by atoms with E-state index in [2.05, 4.69) is 35.0 Å². The lowest BCUT2D eigenvalue weighted by Crippen LogP contribution is -2.31. The lowest BCUT2D eigenvalue weighted by molar-refractivity contribution is -0.689. The van der Waals surface area contributed by atoms with Crippen molar-refractivity contribution in [2.24, 2.45) is 0 Å². The van der Waals surface area contributed by atoms with Crippen molar-refractivity contribution in [3.63, 3.8) is 0 Å². The Morgan fingerprint density at radius 3 is 2.56 bits per heavy atom. The Morgan fingerprint density at radius 1 is 1.00 bits per heavy atom. The maximum absolute atomic E-state index is 10.6. The molecule has 2 heterocycles. The predicted octanol–water partition coefficient (Wildman–Crippen LogP) is 2.73. The van der Waals surface area contributed by atoms with Crippen molar-refractivity contribution in [3.8, 4) is 0 Å². The Balaban J connectivity index is 1.95. The molecule has 3 rings (SSSR count). The van der Waals surface area contributed by atoms with Gasteiger partial charge in [-0.3, -0.25) is 4.79 Å².